The van der Waals surface area contributed by atoms with E-state index in [9.17, 15) is 4.79 Å². The Bertz CT molecular complexity index is 403. The summed E-state index contributed by atoms with van der Waals surface area (Å²) in [6.45, 7) is 4.79. The van der Waals surface area contributed by atoms with Crippen LogP contribution in [0.1, 0.15) is 31.4 Å². The summed E-state index contributed by atoms with van der Waals surface area (Å²) in [5.41, 5.74) is 6.79. The fraction of sp³-hybridized carbons (Fsp3) is 0.533. The summed E-state index contributed by atoms with van der Waals surface area (Å²) in [7, 11) is 0. The van der Waals surface area contributed by atoms with Gasteiger partial charge in [-0.3, -0.25) is 9.69 Å². The van der Waals surface area contributed by atoms with Crippen LogP contribution in [0, 0.1) is 0 Å². The van der Waals surface area contributed by atoms with Gasteiger partial charge in [0.1, 0.15) is 6.04 Å². The molecule has 1 amide bonds. The second kappa shape index (κ2) is 6.68. The summed E-state index contributed by atoms with van der Waals surface area (Å²) < 4.78 is 0. The molecule has 1 aromatic carbocycles. The molecule has 0 radical (unpaired) electrons. The predicted octanol–water partition coefficient (Wildman–Crippen LogP) is 1.29. The Morgan fingerprint density at radius 1 is 1.42 bits per heavy atom. The van der Waals surface area contributed by atoms with Crippen molar-refractivity contribution < 1.29 is 4.79 Å². The van der Waals surface area contributed by atoms with Crippen LogP contribution in [0.4, 0.5) is 0 Å². The van der Waals surface area contributed by atoms with Gasteiger partial charge in [0, 0.05) is 19.1 Å². The number of nitrogens with zero attached hydrogens (tertiary/aromatic N) is 1. The molecule has 0 aromatic heterocycles. The van der Waals surface area contributed by atoms with Crippen molar-refractivity contribution in [3.05, 3.63) is 35.9 Å². The van der Waals surface area contributed by atoms with Gasteiger partial charge in [0.2, 0.25) is 5.91 Å². The first-order valence-electron chi connectivity index (χ1n) is 7.04. The number of benzene rings is 1. The number of carbonyl (C=O) groups excluding carboxylic acids is 1. The molecular formula is C15H23N3O. The highest BCUT2D eigenvalue weighted by Crippen LogP contribution is 2.25. The topological polar surface area (TPSA) is 58.4 Å². The van der Waals surface area contributed by atoms with Crippen LogP contribution >= 0.6 is 0 Å². The molecule has 0 aliphatic heterocycles. The molecule has 1 aliphatic carbocycles. The van der Waals surface area contributed by atoms with Crippen LogP contribution in [0.2, 0.25) is 0 Å². The molecular weight excluding hydrogens is 238 g/mol. The van der Waals surface area contributed by atoms with Crippen molar-refractivity contribution in [2.75, 3.05) is 19.6 Å². The van der Waals surface area contributed by atoms with E-state index >= 15 is 0 Å². The normalized spacial score (nSPS) is 16.4. The van der Waals surface area contributed by atoms with E-state index in [-0.39, 0.29) is 5.91 Å². The van der Waals surface area contributed by atoms with Crippen molar-refractivity contribution in [3.8, 4) is 0 Å². The summed E-state index contributed by atoms with van der Waals surface area (Å²) in [4.78, 5) is 14.4. The number of hydrogen-bond acceptors (Lipinski definition) is 3. The standard InChI is InChI=1S/C15H23N3O/c1-2-18(13-8-9-13)11-10-17-15(19)14(16)12-6-4-3-5-7-12/h3-7,13-14H,2,8-11,16H2,1H3,(H,17,19)/t14-/m0/s1. The maximum absolute atomic E-state index is 11.9. The average molecular weight is 261 g/mol. The summed E-state index contributed by atoms with van der Waals surface area (Å²) >= 11 is 0. The third kappa shape index (κ3) is 4.04. The zero-order valence-electron chi connectivity index (χ0n) is 11.5. The van der Waals surface area contributed by atoms with Crippen molar-refractivity contribution >= 4 is 5.91 Å². The van der Waals surface area contributed by atoms with Gasteiger partial charge in [-0.1, -0.05) is 37.3 Å². The molecule has 0 heterocycles. The average Bonchev–Trinajstić information content (AvgIpc) is 3.28. The molecule has 3 N–H and O–H groups in total. The SMILES string of the molecule is CCN(CCNC(=O)[C@@H](N)c1ccccc1)C1CC1. The first-order valence-corrected chi connectivity index (χ1v) is 7.04. The van der Waals surface area contributed by atoms with E-state index in [2.05, 4.69) is 17.1 Å². The van der Waals surface area contributed by atoms with Crippen molar-refractivity contribution in [3.63, 3.8) is 0 Å². The van der Waals surface area contributed by atoms with E-state index in [1.165, 1.54) is 12.8 Å². The molecule has 0 saturated heterocycles. The fourth-order valence-corrected chi connectivity index (χ4v) is 2.28. The maximum atomic E-state index is 11.9. The van der Waals surface area contributed by atoms with E-state index in [1.54, 1.807) is 0 Å². The van der Waals surface area contributed by atoms with Crippen LogP contribution in [0.25, 0.3) is 0 Å². The zero-order valence-corrected chi connectivity index (χ0v) is 11.5. The van der Waals surface area contributed by atoms with Crippen molar-refractivity contribution in [1.82, 2.24) is 10.2 Å². The third-order valence-electron chi connectivity index (χ3n) is 3.61. The van der Waals surface area contributed by atoms with Crippen molar-refractivity contribution in [2.45, 2.75) is 31.8 Å². The number of likely N-dealkylation sites (N-methyl/N-ethyl adjacent to an activating group) is 1. The highest BCUT2D eigenvalue weighted by Gasteiger charge is 2.27. The first kappa shape index (κ1) is 14.0. The molecule has 4 heteroatoms. The Kier molecular flexibility index (Phi) is 4.93. The van der Waals surface area contributed by atoms with Crippen LogP contribution in [-0.2, 0) is 4.79 Å². The molecule has 0 unspecified atom stereocenters. The Labute approximate surface area is 115 Å². The van der Waals surface area contributed by atoms with Gasteiger partial charge >= 0.3 is 0 Å². The highest BCUT2D eigenvalue weighted by atomic mass is 16.2. The number of rotatable bonds is 7. The summed E-state index contributed by atoms with van der Waals surface area (Å²) in [5.74, 6) is -0.0990. The Balaban J connectivity index is 1.74. The Morgan fingerprint density at radius 3 is 2.68 bits per heavy atom. The lowest BCUT2D eigenvalue weighted by atomic mass is 10.1. The summed E-state index contributed by atoms with van der Waals surface area (Å²) in [6.07, 6.45) is 2.59. The minimum absolute atomic E-state index is 0.0990. The Hall–Kier alpha value is -1.39. The zero-order chi connectivity index (χ0) is 13.7. The van der Waals surface area contributed by atoms with Gasteiger partial charge in [0.25, 0.3) is 0 Å². The van der Waals surface area contributed by atoms with Crippen LogP contribution in [0.15, 0.2) is 30.3 Å². The largest absolute Gasteiger partial charge is 0.353 e. The molecule has 1 fully saturated rings. The van der Waals surface area contributed by atoms with E-state index in [0.717, 1.165) is 24.7 Å². The molecule has 19 heavy (non-hydrogen) atoms. The molecule has 1 aliphatic rings. The molecule has 4 nitrogen and oxygen atoms in total. The number of amides is 1. The molecule has 1 aromatic rings. The molecule has 104 valence electrons. The fourth-order valence-electron chi connectivity index (χ4n) is 2.28. The van der Waals surface area contributed by atoms with Crippen molar-refractivity contribution in [1.29, 1.82) is 0 Å². The predicted molar refractivity (Wildman–Crippen MR) is 76.6 cm³/mol. The van der Waals surface area contributed by atoms with Crippen LogP contribution < -0.4 is 11.1 Å². The van der Waals surface area contributed by atoms with Crippen LogP contribution in [0.5, 0.6) is 0 Å². The van der Waals surface area contributed by atoms with E-state index in [4.69, 9.17) is 5.73 Å². The van der Waals surface area contributed by atoms with Crippen LogP contribution in [-0.4, -0.2) is 36.5 Å². The van der Waals surface area contributed by atoms with Gasteiger partial charge in [-0.2, -0.15) is 0 Å². The molecule has 2 rings (SSSR count). The molecule has 1 atom stereocenters. The number of hydrogen-bond donors (Lipinski definition) is 2. The molecule has 1 saturated carbocycles. The third-order valence-corrected chi connectivity index (χ3v) is 3.61. The summed E-state index contributed by atoms with van der Waals surface area (Å²) in [6, 6.07) is 9.65. The summed E-state index contributed by atoms with van der Waals surface area (Å²) in [5, 5.41) is 2.92. The van der Waals surface area contributed by atoms with Gasteiger partial charge in [0.05, 0.1) is 0 Å². The molecule has 0 spiro atoms. The quantitative estimate of drug-likeness (QED) is 0.777. The number of carbonyl (C=O) groups is 1. The van der Waals surface area contributed by atoms with Gasteiger partial charge in [-0.25, -0.2) is 0 Å². The van der Waals surface area contributed by atoms with E-state index in [0.29, 0.717) is 6.54 Å². The lowest BCUT2D eigenvalue weighted by Gasteiger charge is -2.20. The van der Waals surface area contributed by atoms with Gasteiger partial charge in [0.15, 0.2) is 0 Å². The van der Waals surface area contributed by atoms with Gasteiger partial charge in [-0.05, 0) is 24.9 Å². The second-order valence-electron chi connectivity index (χ2n) is 5.04. The monoisotopic (exact) mass is 261 g/mol. The lowest BCUT2D eigenvalue weighted by molar-refractivity contribution is -0.122. The number of nitrogens with one attached hydrogen (secondary N) is 1. The lowest BCUT2D eigenvalue weighted by Crippen LogP contribution is -2.39. The van der Waals surface area contributed by atoms with Crippen LogP contribution in [0.3, 0.4) is 0 Å². The minimum atomic E-state index is -0.572. The Morgan fingerprint density at radius 2 is 2.11 bits per heavy atom. The van der Waals surface area contributed by atoms with E-state index in [1.807, 2.05) is 30.3 Å². The first-order chi connectivity index (χ1) is 9.22. The smallest absolute Gasteiger partial charge is 0.241 e. The highest BCUT2D eigenvalue weighted by molar-refractivity contribution is 5.82. The number of nitrogens with two attached hydrogens (primary N) is 1. The maximum Gasteiger partial charge on any atom is 0.241 e. The van der Waals surface area contributed by atoms with Gasteiger partial charge in [-0.15, -0.1) is 0 Å². The van der Waals surface area contributed by atoms with Gasteiger partial charge < -0.3 is 11.1 Å². The molecule has 0 bridgehead atoms. The van der Waals surface area contributed by atoms with E-state index < -0.39 is 6.04 Å². The second-order valence-corrected chi connectivity index (χ2v) is 5.04. The van der Waals surface area contributed by atoms with Crippen molar-refractivity contribution in [2.24, 2.45) is 5.73 Å². The minimum Gasteiger partial charge on any atom is -0.353 e.